The lowest BCUT2D eigenvalue weighted by Crippen LogP contribution is -2.34. The molecule has 0 fully saturated rings. The lowest BCUT2D eigenvalue weighted by atomic mass is 10.2. The summed E-state index contributed by atoms with van der Waals surface area (Å²) < 4.78 is 0. The fraction of sp³-hybridized carbons (Fsp3) is 0.533. The Morgan fingerprint density at radius 2 is 2.10 bits per heavy atom. The average molecular weight is 298 g/mol. The Kier molecular flexibility index (Phi) is 6.82. The first-order chi connectivity index (χ1) is 9.43. The van der Waals surface area contributed by atoms with Gasteiger partial charge in [-0.3, -0.25) is 4.79 Å². The van der Waals surface area contributed by atoms with Crippen LogP contribution in [-0.2, 0) is 11.3 Å². The van der Waals surface area contributed by atoms with E-state index in [0.717, 1.165) is 22.8 Å². The second kappa shape index (κ2) is 8.12. The predicted molar refractivity (Wildman–Crippen MR) is 85.4 cm³/mol. The first-order valence-electron chi connectivity index (χ1n) is 6.93. The molecule has 0 saturated heterocycles. The minimum Gasteiger partial charge on any atom is -0.365 e. The third-order valence-electron chi connectivity index (χ3n) is 2.93. The van der Waals surface area contributed by atoms with E-state index in [2.05, 4.69) is 24.5 Å². The fourth-order valence-corrected chi connectivity index (χ4v) is 2.03. The molecule has 112 valence electrons. The quantitative estimate of drug-likeness (QED) is 0.812. The number of benzene rings is 1. The molecule has 0 aliphatic carbocycles. The number of hydrogen-bond acceptors (Lipinski definition) is 3. The summed E-state index contributed by atoms with van der Waals surface area (Å²) in [6, 6.07) is 6.31. The lowest BCUT2D eigenvalue weighted by Gasteiger charge is -2.20. The summed E-state index contributed by atoms with van der Waals surface area (Å²) in [6.45, 7) is 7.83. The maximum Gasteiger partial charge on any atom is 0.239 e. The Morgan fingerprint density at radius 1 is 1.40 bits per heavy atom. The van der Waals surface area contributed by atoms with Gasteiger partial charge in [-0.1, -0.05) is 31.5 Å². The van der Waals surface area contributed by atoms with Gasteiger partial charge in [-0.2, -0.15) is 0 Å². The third-order valence-corrected chi connectivity index (χ3v) is 3.28. The van der Waals surface area contributed by atoms with Crippen molar-refractivity contribution in [2.75, 3.05) is 25.0 Å². The summed E-state index contributed by atoms with van der Waals surface area (Å²) in [6.07, 6.45) is 0. The summed E-state index contributed by atoms with van der Waals surface area (Å²) in [4.78, 5) is 13.4. The van der Waals surface area contributed by atoms with E-state index in [1.54, 1.807) is 0 Å². The number of anilines is 1. The molecule has 1 rings (SSSR count). The number of rotatable bonds is 7. The maximum atomic E-state index is 11.6. The van der Waals surface area contributed by atoms with Gasteiger partial charge in [0.1, 0.15) is 0 Å². The number of carbonyl (C=O) groups excluding carboxylic acids is 1. The zero-order valence-electron chi connectivity index (χ0n) is 12.7. The number of halogens is 1. The van der Waals surface area contributed by atoms with Crippen LogP contribution in [0.4, 0.5) is 5.69 Å². The Hall–Kier alpha value is -1.26. The van der Waals surface area contributed by atoms with Gasteiger partial charge >= 0.3 is 0 Å². The Balaban J connectivity index is 2.68. The first kappa shape index (κ1) is 16.8. The van der Waals surface area contributed by atoms with Crippen LogP contribution in [0, 0.1) is 0 Å². The number of nitrogens with zero attached hydrogens (tertiary/aromatic N) is 1. The van der Waals surface area contributed by atoms with Gasteiger partial charge in [0.05, 0.1) is 6.54 Å². The molecule has 0 spiro atoms. The second-order valence-electron chi connectivity index (χ2n) is 5.12. The third kappa shape index (κ3) is 5.39. The highest BCUT2D eigenvalue weighted by atomic mass is 35.5. The molecule has 0 aliphatic rings. The van der Waals surface area contributed by atoms with E-state index in [0.29, 0.717) is 19.1 Å². The van der Waals surface area contributed by atoms with Gasteiger partial charge in [0.2, 0.25) is 5.91 Å². The number of hydrogen-bond donors (Lipinski definition) is 2. The van der Waals surface area contributed by atoms with Crippen LogP contribution >= 0.6 is 11.6 Å². The molecular weight excluding hydrogens is 274 g/mol. The van der Waals surface area contributed by atoms with E-state index < -0.39 is 0 Å². The molecule has 0 radical (unpaired) electrons. The molecular formula is C15H24ClN3O. The topological polar surface area (TPSA) is 44.4 Å². The van der Waals surface area contributed by atoms with E-state index in [1.165, 1.54) is 0 Å². The van der Waals surface area contributed by atoms with Crippen LogP contribution in [0.2, 0.25) is 5.02 Å². The van der Waals surface area contributed by atoms with Crippen LogP contribution in [0.5, 0.6) is 0 Å². The van der Waals surface area contributed by atoms with Gasteiger partial charge in [0.15, 0.2) is 0 Å². The molecule has 0 atom stereocenters. The van der Waals surface area contributed by atoms with Crippen molar-refractivity contribution in [2.45, 2.75) is 33.4 Å². The maximum absolute atomic E-state index is 11.6. The lowest BCUT2D eigenvalue weighted by molar-refractivity contribution is -0.119. The van der Waals surface area contributed by atoms with Crippen LogP contribution < -0.4 is 15.5 Å². The molecule has 20 heavy (non-hydrogen) atoms. The monoisotopic (exact) mass is 297 g/mol. The van der Waals surface area contributed by atoms with E-state index in [9.17, 15) is 4.79 Å². The van der Waals surface area contributed by atoms with E-state index in [4.69, 9.17) is 11.6 Å². The molecule has 0 aliphatic heterocycles. The molecule has 1 amide bonds. The van der Waals surface area contributed by atoms with E-state index in [-0.39, 0.29) is 5.91 Å². The van der Waals surface area contributed by atoms with Gasteiger partial charge in [0, 0.05) is 36.9 Å². The Morgan fingerprint density at radius 3 is 2.65 bits per heavy atom. The highest BCUT2D eigenvalue weighted by Crippen LogP contribution is 2.23. The smallest absolute Gasteiger partial charge is 0.239 e. The van der Waals surface area contributed by atoms with Crippen molar-refractivity contribution in [3.8, 4) is 0 Å². The zero-order valence-corrected chi connectivity index (χ0v) is 13.4. The number of likely N-dealkylation sites (N-methyl/N-ethyl adjacent to an activating group) is 2. The highest BCUT2D eigenvalue weighted by Gasteiger charge is 2.09. The highest BCUT2D eigenvalue weighted by molar-refractivity contribution is 6.31. The van der Waals surface area contributed by atoms with Crippen molar-refractivity contribution in [3.05, 3.63) is 28.8 Å². The van der Waals surface area contributed by atoms with Gasteiger partial charge in [0.25, 0.3) is 0 Å². The molecule has 4 nitrogen and oxygen atoms in total. The van der Waals surface area contributed by atoms with Crippen molar-refractivity contribution in [2.24, 2.45) is 0 Å². The van der Waals surface area contributed by atoms with Crippen LogP contribution in [0.15, 0.2) is 18.2 Å². The first-order valence-corrected chi connectivity index (χ1v) is 7.31. The Labute approximate surface area is 126 Å². The molecule has 5 heteroatoms. The van der Waals surface area contributed by atoms with Gasteiger partial charge in [-0.05, 0) is 24.6 Å². The van der Waals surface area contributed by atoms with Gasteiger partial charge in [-0.15, -0.1) is 0 Å². The van der Waals surface area contributed by atoms with Crippen LogP contribution in [-0.4, -0.2) is 32.1 Å². The summed E-state index contributed by atoms with van der Waals surface area (Å²) in [5.74, 6) is 0.0108. The van der Waals surface area contributed by atoms with Gasteiger partial charge in [-0.25, -0.2) is 0 Å². The molecule has 0 unspecified atom stereocenters. The zero-order chi connectivity index (χ0) is 15.1. The predicted octanol–water partition coefficient (Wildman–Crippen LogP) is 2.41. The molecule has 0 heterocycles. The van der Waals surface area contributed by atoms with Crippen molar-refractivity contribution in [1.29, 1.82) is 0 Å². The van der Waals surface area contributed by atoms with E-state index >= 15 is 0 Å². The molecule has 0 bridgehead atoms. The van der Waals surface area contributed by atoms with Crippen molar-refractivity contribution < 1.29 is 4.79 Å². The largest absolute Gasteiger partial charge is 0.365 e. The summed E-state index contributed by atoms with van der Waals surface area (Å²) >= 11 is 6.29. The number of nitrogens with one attached hydrogen (secondary N) is 2. The molecule has 2 N–H and O–H groups in total. The second-order valence-corrected chi connectivity index (χ2v) is 5.53. The van der Waals surface area contributed by atoms with Crippen molar-refractivity contribution in [3.63, 3.8) is 0 Å². The van der Waals surface area contributed by atoms with E-state index in [1.807, 2.05) is 37.1 Å². The number of amides is 1. The Bertz CT molecular complexity index is 449. The SMILES string of the molecule is CCNC(=O)CN(C)c1ccc(CNC(C)C)c(Cl)c1. The summed E-state index contributed by atoms with van der Waals surface area (Å²) in [5, 5.41) is 6.84. The number of carbonyl (C=O) groups is 1. The molecule has 1 aromatic carbocycles. The molecule has 0 saturated carbocycles. The van der Waals surface area contributed by atoms with Crippen LogP contribution in [0.3, 0.4) is 0 Å². The van der Waals surface area contributed by atoms with Gasteiger partial charge < -0.3 is 15.5 Å². The standard InChI is InChI=1S/C15H24ClN3O/c1-5-17-15(20)10-19(4)13-7-6-12(14(16)8-13)9-18-11(2)3/h6-8,11,18H,5,9-10H2,1-4H3,(H,17,20). The molecule has 1 aromatic rings. The van der Waals surface area contributed by atoms with Crippen LogP contribution in [0.25, 0.3) is 0 Å². The average Bonchev–Trinajstić information content (AvgIpc) is 2.37. The minimum atomic E-state index is 0.0108. The normalized spacial score (nSPS) is 10.7. The van der Waals surface area contributed by atoms with Crippen molar-refractivity contribution >= 4 is 23.2 Å². The minimum absolute atomic E-state index is 0.0108. The fourth-order valence-electron chi connectivity index (χ4n) is 1.79. The molecule has 0 aromatic heterocycles. The summed E-state index contributed by atoms with van der Waals surface area (Å²) in [5.41, 5.74) is 2.00. The van der Waals surface area contributed by atoms with Crippen LogP contribution in [0.1, 0.15) is 26.3 Å². The summed E-state index contributed by atoms with van der Waals surface area (Å²) in [7, 11) is 1.88. The van der Waals surface area contributed by atoms with Crippen molar-refractivity contribution in [1.82, 2.24) is 10.6 Å².